The summed E-state index contributed by atoms with van der Waals surface area (Å²) in [5.74, 6) is -0.276. The molecule has 0 aliphatic carbocycles. The van der Waals surface area contributed by atoms with Crippen molar-refractivity contribution in [3.05, 3.63) is 35.4 Å². The van der Waals surface area contributed by atoms with Crippen LogP contribution in [0.4, 0.5) is 0 Å². The number of carbonyl (C=O) groups is 2. The van der Waals surface area contributed by atoms with Crippen LogP contribution in [0.2, 0.25) is 0 Å². The molecule has 0 radical (unpaired) electrons. The zero-order chi connectivity index (χ0) is 16.7. The lowest BCUT2D eigenvalue weighted by Crippen LogP contribution is -2.35. The van der Waals surface area contributed by atoms with Gasteiger partial charge in [0.15, 0.2) is 0 Å². The van der Waals surface area contributed by atoms with Crippen LogP contribution < -0.4 is 0 Å². The van der Waals surface area contributed by atoms with Gasteiger partial charge in [0.05, 0.1) is 13.5 Å². The Bertz CT molecular complexity index is 528. The molecule has 1 saturated heterocycles. The van der Waals surface area contributed by atoms with Gasteiger partial charge in [-0.05, 0) is 18.9 Å². The summed E-state index contributed by atoms with van der Waals surface area (Å²) < 4.78 is 4.59. The van der Waals surface area contributed by atoms with Crippen molar-refractivity contribution in [2.45, 2.75) is 32.7 Å². The van der Waals surface area contributed by atoms with Crippen LogP contribution in [-0.4, -0.2) is 55.0 Å². The molecule has 5 nitrogen and oxygen atoms in total. The molecule has 1 amide bonds. The monoisotopic (exact) mass is 318 g/mol. The van der Waals surface area contributed by atoms with Gasteiger partial charge < -0.3 is 9.64 Å². The first-order chi connectivity index (χ1) is 11.1. The van der Waals surface area contributed by atoms with E-state index in [2.05, 4.69) is 40.8 Å². The standard InChI is InChI=1S/C18H26N2O3/c1-15-4-6-16(7-5-15)14-19-10-3-11-20(13-12-19)17(21)8-9-18(22)23-2/h4-7H,3,8-14H2,1-2H3. The zero-order valence-corrected chi connectivity index (χ0v) is 14.1. The molecule has 0 atom stereocenters. The SMILES string of the molecule is COC(=O)CCC(=O)N1CCCN(Cc2ccc(C)cc2)CC1. The minimum absolute atomic E-state index is 0.0487. The van der Waals surface area contributed by atoms with Gasteiger partial charge in [0.2, 0.25) is 5.91 Å². The van der Waals surface area contributed by atoms with Crippen molar-refractivity contribution in [2.75, 3.05) is 33.3 Å². The summed E-state index contributed by atoms with van der Waals surface area (Å²) in [5, 5.41) is 0. The molecule has 2 rings (SSSR count). The van der Waals surface area contributed by atoms with Crippen LogP contribution in [0.25, 0.3) is 0 Å². The molecular formula is C18H26N2O3. The van der Waals surface area contributed by atoms with Gasteiger partial charge in [-0.25, -0.2) is 0 Å². The molecule has 0 unspecified atom stereocenters. The Kier molecular flexibility index (Phi) is 6.59. The summed E-state index contributed by atoms with van der Waals surface area (Å²) in [6, 6.07) is 8.60. The van der Waals surface area contributed by atoms with Crippen molar-refractivity contribution in [1.29, 1.82) is 0 Å². The maximum Gasteiger partial charge on any atom is 0.306 e. The molecule has 1 aliphatic rings. The fraction of sp³-hybridized carbons (Fsp3) is 0.556. The summed E-state index contributed by atoms with van der Waals surface area (Å²) in [7, 11) is 1.35. The maximum atomic E-state index is 12.2. The minimum atomic E-state index is -0.325. The number of methoxy groups -OCH3 is 1. The van der Waals surface area contributed by atoms with E-state index in [9.17, 15) is 9.59 Å². The van der Waals surface area contributed by atoms with Gasteiger partial charge >= 0.3 is 5.97 Å². The van der Waals surface area contributed by atoms with E-state index in [0.29, 0.717) is 0 Å². The van der Waals surface area contributed by atoms with Crippen LogP contribution in [0.3, 0.4) is 0 Å². The molecular weight excluding hydrogens is 292 g/mol. The van der Waals surface area contributed by atoms with Crippen LogP contribution in [0.1, 0.15) is 30.4 Å². The molecule has 0 spiro atoms. The van der Waals surface area contributed by atoms with Crippen LogP contribution >= 0.6 is 0 Å². The molecule has 5 heteroatoms. The van der Waals surface area contributed by atoms with E-state index in [-0.39, 0.29) is 24.7 Å². The predicted octanol–water partition coefficient (Wildman–Crippen LogP) is 1.98. The zero-order valence-electron chi connectivity index (χ0n) is 14.1. The summed E-state index contributed by atoms with van der Waals surface area (Å²) in [6.45, 7) is 6.38. The Morgan fingerprint density at radius 1 is 1.04 bits per heavy atom. The highest BCUT2D eigenvalue weighted by Gasteiger charge is 2.19. The van der Waals surface area contributed by atoms with Crippen molar-refractivity contribution in [1.82, 2.24) is 9.80 Å². The Labute approximate surface area is 138 Å². The van der Waals surface area contributed by atoms with Gasteiger partial charge in [0.25, 0.3) is 0 Å². The Balaban J connectivity index is 1.80. The fourth-order valence-electron chi connectivity index (χ4n) is 2.80. The van der Waals surface area contributed by atoms with E-state index in [4.69, 9.17) is 0 Å². The van der Waals surface area contributed by atoms with Gasteiger partial charge in [0.1, 0.15) is 0 Å². The van der Waals surface area contributed by atoms with Crippen molar-refractivity contribution in [3.8, 4) is 0 Å². The highest BCUT2D eigenvalue weighted by Crippen LogP contribution is 2.11. The van der Waals surface area contributed by atoms with Crippen molar-refractivity contribution < 1.29 is 14.3 Å². The number of rotatable bonds is 5. The lowest BCUT2D eigenvalue weighted by atomic mass is 10.1. The third-order valence-electron chi connectivity index (χ3n) is 4.24. The number of nitrogens with zero attached hydrogens (tertiary/aromatic N) is 2. The molecule has 1 fully saturated rings. The molecule has 0 aromatic heterocycles. The van der Waals surface area contributed by atoms with Gasteiger partial charge in [0, 0.05) is 39.1 Å². The maximum absolute atomic E-state index is 12.2. The van der Waals surface area contributed by atoms with Gasteiger partial charge in [-0.3, -0.25) is 14.5 Å². The van der Waals surface area contributed by atoms with E-state index in [0.717, 1.165) is 39.1 Å². The Hall–Kier alpha value is -1.88. The fourth-order valence-corrected chi connectivity index (χ4v) is 2.80. The molecule has 23 heavy (non-hydrogen) atoms. The molecule has 0 bridgehead atoms. The van der Waals surface area contributed by atoms with Crippen LogP contribution in [0, 0.1) is 6.92 Å². The summed E-state index contributed by atoms with van der Waals surface area (Å²) in [6.07, 6.45) is 1.37. The average Bonchev–Trinajstić information content (AvgIpc) is 2.80. The number of hydrogen-bond donors (Lipinski definition) is 0. The van der Waals surface area contributed by atoms with Crippen molar-refractivity contribution in [3.63, 3.8) is 0 Å². The highest BCUT2D eigenvalue weighted by molar-refractivity contribution is 5.81. The molecule has 1 aliphatic heterocycles. The Morgan fingerprint density at radius 2 is 1.78 bits per heavy atom. The number of ether oxygens (including phenoxy) is 1. The van der Waals surface area contributed by atoms with Crippen LogP contribution in [0.5, 0.6) is 0 Å². The first kappa shape index (κ1) is 17.5. The first-order valence-corrected chi connectivity index (χ1v) is 8.21. The van der Waals surface area contributed by atoms with Gasteiger partial charge in [-0.15, -0.1) is 0 Å². The van der Waals surface area contributed by atoms with Crippen molar-refractivity contribution >= 4 is 11.9 Å². The number of esters is 1. The van der Waals surface area contributed by atoms with E-state index < -0.39 is 0 Å². The third-order valence-corrected chi connectivity index (χ3v) is 4.24. The number of carbonyl (C=O) groups excluding carboxylic acids is 2. The third kappa shape index (κ3) is 5.67. The van der Waals surface area contributed by atoms with Crippen molar-refractivity contribution in [2.24, 2.45) is 0 Å². The smallest absolute Gasteiger partial charge is 0.306 e. The number of benzene rings is 1. The summed E-state index contributed by atoms with van der Waals surface area (Å²) >= 11 is 0. The average molecular weight is 318 g/mol. The molecule has 126 valence electrons. The van der Waals surface area contributed by atoms with E-state index >= 15 is 0 Å². The predicted molar refractivity (Wildman–Crippen MR) is 88.9 cm³/mol. The largest absolute Gasteiger partial charge is 0.469 e. The molecule has 1 heterocycles. The minimum Gasteiger partial charge on any atom is -0.469 e. The second kappa shape index (κ2) is 8.67. The summed E-state index contributed by atoms with van der Waals surface area (Å²) in [4.78, 5) is 27.6. The normalized spacial score (nSPS) is 16.0. The Morgan fingerprint density at radius 3 is 2.48 bits per heavy atom. The van der Waals surface area contributed by atoms with E-state index in [1.165, 1.54) is 18.2 Å². The summed E-state index contributed by atoms with van der Waals surface area (Å²) in [5.41, 5.74) is 2.58. The molecule has 1 aromatic carbocycles. The molecule has 0 N–H and O–H groups in total. The topological polar surface area (TPSA) is 49.9 Å². The van der Waals surface area contributed by atoms with E-state index in [1.807, 2.05) is 4.90 Å². The van der Waals surface area contributed by atoms with E-state index in [1.54, 1.807) is 0 Å². The first-order valence-electron chi connectivity index (χ1n) is 8.21. The lowest BCUT2D eigenvalue weighted by molar-refractivity contribution is -0.143. The lowest BCUT2D eigenvalue weighted by Gasteiger charge is -2.22. The van der Waals surface area contributed by atoms with Gasteiger partial charge in [-0.1, -0.05) is 29.8 Å². The highest BCUT2D eigenvalue weighted by atomic mass is 16.5. The molecule has 1 aromatic rings. The number of hydrogen-bond acceptors (Lipinski definition) is 4. The number of amides is 1. The van der Waals surface area contributed by atoms with Crippen LogP contribution in [0.15, 0.2) is 24.3 Å². The number of aryl methyl sites for hydroxylation is 1. The van der Waals surface area contributed by atoms with Gasteiger partial charge in [-0.2, -0.15) is 0 Å². The second-order valence-electron chi connectivity index (χ2n) is 6.07. The second-order valence-corrected chi connectivity index (χ2v) is 6.07. The van der Waals surface area contributed by atoms with Crippen LogP contribution in [-0.2, 0) is 20.9 Å². The quantitative estimate of drug-likeness (QED) is 0.779. The molecule has 0 saturated carbocycles.